The molecule has 17 heavy (non-hydrogen) atoms. The largest absolute Gasteiger partial charge is 0.300 e. The number of amides is 1. The van der Waals surface area contributed by atoms with E-state index in [-0.39, 0.29) is 0 Å². The van der Waals surface area contributed by atoms with E-state index in [0.717, 1.165) is 22.4 Å². The second-order valence-corrected chi connectivity index (χ2v) is 4.58. The summed E-state index contributed by atoms with van der Waals surface area (Å²) in [5, 5.41) is 0. The number of hydrogen-bond acceptors (Lipinski definition) is 2. The first-order valence-corrected chi connectivity index (χ1v) is 5.54. The number of benzene rings is 1. The molecule has 0 spiro atoms. The van der Waals surface area contributed by atoms with Crippen LogP contribution in [0.5, 0.6) is 0 Å². The van der Waals surface area contributed by atoms with E-state index in [4.69, 9.17) is 0 Å². The van der Waals surface area contributed by atoms with Gasteiger partial charge in [0.15, 0.2) is 0 Å². The van der Waals surface area contributed by atoms with Gasteiger partial charge >= 0.3 is 0 Å². The van der Waals surface area contributed by atoms with Crippen LogP contribution in [0.2, 0.25) is 0 Å². The van der Waals surface area contributed by atoms with E-state index >= 15 is 0 Å². The molecular weight excluding hydrogens is 214 g/mol. The van der Waals surface area contributed by atoms with E-state index in [9.17, 15) is 9.59 Å². The van der Waals surface area contributed by atoms with Gasteiger partial charge in [-0.3, -0.25) is 9.59 Å². The summed E-state index contributed by atoms with van der Waals surface area (Å²) in [6, 6.07) is 3.61. The molecule has 88 valence electrons. The number of aryl methyl sites for hydroxylation is 1. The molecule has 1 amide bonds. The maximum atomic E-state index is 11.9. The Kier molecular flexibility index (Phi) is 2.62. The van der Waals surface area contributed by atoms with E-state index in [2.05, 4.69) is 6.58 Å². The van der Waals surface area contributed by atoms with Crippen molar-refractivity contribution in [2.75, 3.05) is 11.4 Å². The quantitative estimate of drug-likeness (QED) is 0.577. The van der Waals surface area contributed by atoms with Gasteiger partial charge < -0.3 is 4.90 Å². The molecule has 1 aliphatic heterocycles. The second kappa shape index (κ2) is 3.84. The van der Waals surface area contributed by atoms with Gasteiger partial charge in [0.25, 0.3) is 11.7 Å². The number of anilines is 1. The lowest BCUT2D eigenvalue weighted by molar-refractivity contribution is -0.114. The van der Waals surface area contributed by atoms with Gasteiger partial charge in [0, 0.05) is 6.54 Å². The van der Waals surface area contributed by atoms with Crippen molar-refractivity contribution in [3.63, 3.8) is 0 Å². The fourth-order valence-corrected chi connectivity index (χ4v) is 2.09. The highest BCUT2D eigenvalue weighted by molar-refractivity contribution is 6.52. The third kappa shape index (κ3) is 1.68. The van der Waals surface area contributed by atoms with Crippen LogP contribution in [0, 0.1) is 13.8 Å². The lowest BCUT2D eigenvalue weighted by Gasteiger charge is -2.19. The highest BCUT2D eigenvalue weighted by Crippen LogP contribution is 2.34. The van der Waals surface area contributed by atoms with E-state index in [1.807, 2.05) is 26.8 Å². The monoisotopic (exact) mass is 229 g/mol. The van der Waals surface area contributed by atoms with Gasteiger partial charge in [-0.05, 0) is 38.0 Å². The van der Waals surface area contributed by atoms with Crippen LogP contribution in [0.1, 0.15) is 28.4 Å². The highest BCUT2D eigenvalue weighted by Gasteiger charge is 2.36. The van der Waals surface area contributed by atoms with Crippen LogP contribution in [0.25, 0.3) is 0 Å². The average molecular weight is 229 g/mol. The van der Waals surface area contributed by atoms with Crippen LogP contribution >= 0.6 is 0 Å². The van der Waals surface area contributed by atoms with Crippen molar-refractivity contribution in [1.29, 1.82) is 0 Å². The first-order chi connectivity index (χ1) is 7.93. The van der Waals surface area contributed by atoms with Crippen molar-refractivity contribution in [2.24, 2.45) is 0 Å². The predicted molar refractivity (Wildman–Crippen MR) is 67.4 cm³/mol. The number of carbonyl (C=O) groups excluding carboxylic acids is 2. The van der Waals surface area contributed by atoms with E-state index in [1.165, 1.54) is 4.90 Å². The normalized spacial score (nSPS) is 14.2. The molecule has 1 aromatic rings. The van der Waals surface area contributed by atoms with Gasteiger partial charge in [0.05, 0.1) is 11.3 Å². The Morgan fingerprint density at radius 3 is 2.53 bits per heavy atom. The number of ketones is 1. The zero-order valence-electron chi connectivity index (χ0n) is 10.3. The molecule has 0 fully saturated rings. The molecule has 2 rings (SSSR count). The van der Waals surface area contributed by atoms with Crippen LogP contribution in [-0.4, -0.2) is 18.2 Å². The molecule has 0 saturated heterocycles. The van der Waals surface area contributed by atoms with Gasteiger partial charge in [0.1, 0.15) is 0 Å². The molecule has 1 aliphatic rings. The SMILES string of the molecule is C=C(C)CN1C(=O)C(=O)c2ccc(C)c(C)c21. The Labute approximate surface area is 101 Å². The third-order valence-electron chi connectivity index (χ3n) is 3.08. The Morgan fingerprint density at radius 1 is 1.29 bits per heavy atom. The molecule has 0 radical (unpaired) electrons. The van der Waals surface area contributed by atoms with Gasteiger partial charge in [-0.2, -0.15) is 0 Å². The first kappa shape index (κ1) is 11.6. The average Bonchev–Trinajstić information content (AvgIpc) is 2.49. The van der Waals surface area contributed by atoms with Gasteiger partial charge in [0.2, 0.25) is 0 Å². The van der Waals surface area contributed by atoms with Crippen molar-refractivity contribution in [3.8, 4) is 0 Å². The number of rotatable bonds is 2. The molecule has 0 unspecified atom stereocenters. The fourth-order valence-electron chi connectivity index (χ4n) is 2.09. The minimum atomic E-state index is -0.447. The summed E-state index contributed by atoms with van der Waals surface area (Å²) in [5.74, 6) is -0.860. The fraction of sp³-hybridized carbons (Fsp3) is 0.286. The molecule has 1 aromatic carbocycles. The van der Waals surface area contributed by atoms with Crippen molar-refractivity contribution in [1.82, 2.24) is 0 Å². The summed E-state index contributed by atoms with van der Waals surface area (Å²) in [7, 11) is 0. The van der Waals surface area contributed by atoms with Gasteiger partial charge in [-0.25, -0.2) is 0 Å². The Hall–Kier alpha value is -1.90. The van der Waals surface area contributed by atoms with E-state index in [0.29, 0.717) is 12.1 Å². The van der Waals surface area contributed by atoms with Crippen LogP contribution in [0.3, 0.4) is 0 Å². The minimum Gasteiger partial charge on any atom is -0.300 e. The number of hydrogen-bond donors (Lipinski definition) is 0. The first-order valence-electron chi connectivity index (χ1n) is 5.54. The molecule has 3 nitrogen and oxygen atoms in total. The predicted octanol–water partition coefficient (Wildman–Crippen LogP) is 2.41. The number of fused-ring (bicyclic) bond motifs is 1. The smallest absolute Gasteiger partial charge is 0.299 e. The lowest BCUT2D eigenvalue weighted by atomic mass is 10.0. The maximum absolute atomic E-state index is 11.9. The summed E-state index contributed by atoms with van der Waals surface area (Å²) in [4.78, 5) is 25.3. The molecule has 1 heterocycles. The number of Topliss-reactive ketones (excluding diaryl/α,β-unsaturated/α-hetero) is 1. The molecule has 0 atom stereocenters. The zero-order chi connectivity index (χ0) is 12.7. The third-order valence-corrected chi connectivity index (χ3v) is 3.08. The minimum absolute atomic E-state index is 0.405. The van der Waals surface area contributed by atoms with Crippen LogP contribution in [0.4, 0.5) is 5.69 Å². The molecule has 0 aliphatic carbocycles. The van der Waals surface area contributed by atoms with Crippen LogP contribution < -0.4 is 4.90 Å². The molecule has 0 N–H and O–H groups in total. The van der Waals surface area contributed by atoms with Crippen molar-refractivity contribution in [2.45, 2.75) is 20.8 Å². The summed E-state index contributed by atoms with van der Waals surface area (Å²) in [5.41, 5.74) is 4.20. The summed E-state index contributed by atoms with van der Waals surface area (Å²) >= 11 is 0. The second-order valence-electron chi connectivity index (χ2n) is 4.58. The Bertz CT molecular complexity index is 543. The van der Waals surface area contributed by atoms with Gasteiger partial charge in [-0.15, -0.1) is 0 Å². The van der Waals surface area contributed by atoms with Crippen molar-refractivity contribution >= 4 is 17.4 Å². The van der Waals surface area contributed by atoms with E-state index < -0.39 is 11.7 Å². The summed E-state index contributed by atoms with van der Waals surface area (Å²) in [6.45, 7) is 9.96. The number of carbonyl (C=O) groups is 2. The van der Waals surface area contributed by atoms with Crippen LogP contribution in [0.15, 0.2) is 24.3 Å². The van der Waals surface area contributed by atoms with Crippen LogP contribution in [-0.2, 0) is 4.79 Å². The summed E-state index contributed by atoms with van der Waals surface area (Å²) < 4.78 is 0. The highest BCUT2D eigenvalue weighted by atomic mass is 16.2. The molecular formula is C14H15NO2. The molecule has 3 heteroatoms. The maximum Gasteiger partial charge on any atom is 0.299 e. The molecule has 0 saturated carbocycles. The Morgan fingerprint density at radius 2 is 1.94 bits per heavy atom. The zero-order valence-corrected chi connectivity index (χ0v) is 10.3. The van der Waals surface area contributed by atoms with E-state index in [1.54, 1.807) is 6.07 Å². The lowest BCUT2D eigenvalue weighted by Crippen LogP contribution is -2.31. The summed E-state index contributed by atoms with van der Waals surface area (Å²) in [6.07, 6.45) is 0. The topological polar surface area (TPSA) is 37.4 Å². The van der Waals surface area contributed by atoms with Gasteiger partial charge in [-0.1, -0.05) is 18.2 Å². The van der Waals surface area contributed by atoms with Crippen molar-refractivity contribution in [3.05, 3.63) is 41.0 Å². The Balaban J connectivity index is 2.61. The standard InChI is InChI=1S/C14H15NO2/c1-8(2)7-15-12-10(4)9(3)5-6-11(12)13(16)14(15)17/h5-6H,1,7H2,2-4H3. The number of nitrogens with zero attached hydrogens (tertiary/aromatic N) is 1. The molecule has 0 aromatic heterocycles. The van der Waals surface area contributed by atoms with Crippen molar-refractivity contribution < 1.29 is 9.59 Å². The molecule has 0 bridgehead atoms.